The molecule has 0 saturated heterocycles. The molecule has 1 amide bonds. The number of nitrogens with one attached hydrogen (secondary N) is 1. The number of anilines is 2. The molecular formula is C14H10ClN3O. The zero-order valence-electron chi connectivity index (χ0n) is 9.85. The number of nitriles is 1. The lowest BCUT2D eigenvalue weighted by atomic mass is 10.1. The predicted octanol–water partition coefficient (Wildman–Crippen LogP) is 3.05. The highest BCUT2D eigenvalue weighted by atomic mass is 35.5. The van der Waals surface area contributed by atoms with Gasteiger partial charge < -0.3 is 11.1 Å². The molecule has 4 nitrogen and oxygen atoms in total. The Morgan fingerprint density at radius 1 is 1.26 bits per heavy atom. The largest absolute Gasteiger partial charge is 0.399 e. The fourth-order valence-electron chi connectivity index (χ4n) is 1.58. The zero-order chi connectivity index (χ0) is 13.8. The van der Waals surface area contributed by atoms with Crippen molar-refractivity contribution in [1.29, 1.82) is 5.26 Å². The van der Waals surface area contributed by atoms with Crippen molar-refractivity contribution in [1.82, 2.24) is 0 Å². The Labute approximate surface area is 115 Å². The second kappa shape index (κ2) is 5.42. The van der Waals surface area contributed by atoms with E-state index in [1.807, 2.05) is 6.07 Å². The van der Waals surface area contributed by atoms with Crippen molar-refractivity contribution in [3.05, 3.63) is 58.6 Å². The number of hydrogen-bond donors (Lipinski definition) is 2. The van der Waals surface area contributed by atoms with Crippen LogP contribution in [-0.2, 0) is 0 Å². The van der Waals surface area contributed by atoms with Crippen LogP contribution in [0.15, 0.2) is 42.5 Å². The van der Waals surface area contributed by atoms with Crippen LogP contribution in [0.3, 0.4) is 0 Å². The van der Waals surface area contributed by atoms with E-state index < -0.39 is 0 Å². The lowest BCUT2D eigenvalue weighted by molar-refractivity contribution is 0.102. The number of benzene rings is 2. The Morgan fingerprint density at radius 3 is 2.74 bits per heavy atom. The number of rotatable bonds is 2. The minimum absolute atomic E-state index is 0.286. The van der Waals surface area contributed by atoms with Gasteiger partial charge in [-0.2, -0.15) is 5.26 Å². The molecule has 0 heterocycles. The van der Waals surface area contributed by atoms with Crippen molar-refractivity contribution in [2.24, 2.45) is 0 Å². The van der Waals surface area contributed by atoms with Gasteiger partial charge >= 0.3 is 0 Å². The van der Waals surface area contributed by atoms with Gasteiger partial charge in [0, 0.05) is 11.4 Å². The molecule has 0 bridgehead atoms. The van der Waals surface area contributed by atoms with Crippen LogP contribution in [0.4, 0.5) is 11.4 Å². The Hall–Kier alpha value is -2.51. The summed E-state index contributed by atoms with van der Waals surface area (Å²) in [5, 5.41) is 11.8. The third-order valence-electron chi connectivity index (χ3n) is 2.49. The molecule has 0 fully saturated rings. The van der Waals surface area contributed by atoms with Gasteiger partial charge in [-0.1, -0.05) is 17.7 Å². The summed E-state index contributed by atoms with van der Waals surface area (Å²) < 4.78 is 0. The molecule has 0 unspecified atom stereocenters. The van der Waals surface area contributed by atoms with Crippen molar-refractivity contribution >= 4 is 28.9 Å². The Morgan fingerprint density at radius 2 is 2.05 bits per heavy atom. The summed E-state index contributed by atoms with van der Waals surface area (Å²) in [5.74, 6) is -0.347. The lowest BCUT2D eigenvalue weighted by Gasteiger charge is -2.07. The van der Waals surface area contributed by atoms with Gasteiger partial charge in [-0.05, 0) is 36.4 Å². The number of carbonyl (C=O) groups excluding carboxylic acids is 1. The summed E-state index contributed by atoms with van der Waals surface area (Å²) >= 11 is 5.96. The molecule has 0 atom stereocenters. The summed E-state index contributed by atoms with van der Waals surface area (Å²) in [7, 11) is 0. The molecular weight excluding hydrogens is 262 g/mol. The molecule has 2 aromatic carbocycles. The normalized spacial score (nSPS) is 9.68. The van der Waals surface area contributed by atoms with Crippen LogP contribution in [0.2, 0.25) is 5.02 Å². The average molecular weight is 272 g/mol. The topological polar surface area (TPSA) is 78.9 Å². The summed E-state index contributed by atoms with van der Waals surface area (Å²) in [6.07, 6.45) is 0. The Bertz CT molecular complexity index is 677. The number of halogens is 1. The summed E-state index contributed by atoms with van der Waals surface area (Å²) in [5.41, 5.74) is 7.40. The maximum absolute atomic E-state index is 12.0. The molecule has 94 valence electrons. The SMILES string of the molecule is N#Cc1cccc(NC(=O)c2ccc(N)cc2Cl)c1. The van der Waals surface area contributed by atoms with Gasteiger partial charge in [-0.15, -0.1) is 0 Å². The molecule has 0 radical (unpaired) electrons. The van der Waals surface area contributed by atoms with Crippen molar-refractivity contribution < 1.29 is 4.79 Å². The Kier molecular flexibility index (Phi) is 3.69. The molecule has 0 aliphatic heterocycles. The van der Waals surface area contributed by atoms with Crippen molar-refractivity contribution in [2.45, 2.75) is 0 Å². The summed E-state index contributed by atoms with van der Waals surface area (Å²) in [6, 6.07) is 13.3. The van der Waals surface area contributed by atoms with Gasteiger partial charge in [0.2, 0.25) is 0 Å². The van der Waals surface area contributed by atoms with E-state index in [4.69, 9.17) is 22.6 Å². The van der Waals surface area contributed by atoms with Gasteiger partial charge in [-0.3, -0.25) is 4.79 Å². The van der Waals surface area contributed by atoms with E-state index in [2.05, 4.69) is 5.32 Å². The van der Waals surface area contributed by atoms with Gasteiger partial charge in [-0.25, -0.2) is 0 Å². The average Bonchev–Trinajstić information content (AvgIpc) is 2.38. The predicted molar refractivity (Wildman–Crippen MR) is 75.0 cm³/mol. The first-order valence-electron chi connectivity index (χ1n) is 5.46. The van der Waals surface area contributed by atoms with Crippen LogP contribution in [0, 0.1) is 11.3 Å². The zero-order valence-corrected chi connectivity index (χ0v) is 10.6. The second-order valence-electron chi connectivity index (χ2n) is 3.89. The number of hydrogen-bond acceptors (Lipinski definition) is 3. The number of nitrogens with zero attached hydrogens (tertiary/aromatic N) is 1. The highest BCUT2D eigenvalue weighted by Crippen LogP contribution is 2.20. The number of amides is 1. The minimum atomic E-state index is -0.347. The van der Waals surface area contributed by atoms with Crippen molar-refractivity contribution in [3.8, 4) is 6.07 Å². The standard InChI is InChI=1S/C14H10ClN3O/c15-13-7-10(17)4-5-12(13)14(19)18-11-3-1-2-9(6-11)8-16/h1-7H,17H2,(H,18,19). The molecule has 3 N–H and O–H groups in total. The van der Waals surface area contributed by atoms with Crippen molar-refractivity contribution in [2.75, 3.05) is 11.1 Å². The Balaban J connectivity index is 2.23. The van der Waals surface area contributed by atoms with E-state index in [1.54, 1.807) is 36.4 Å². The van der Waals surface area contributed by atoms with Crippen LogP contribution in [0.1, 0.15) is 15.9 Å². The highest BCUT2D eigenvalue weighted by molar-refractivity contribution is 6.34. The fourth-order valence-corrected chi connectivity index (χ4v) is 1.86. The molecule has 0 aliphatic rings. The van der Waals surface area contributed by atoms with Crippen molar-refractivity contribution in [3.63, 3.8) is 0 Å². The quantitative estimate of drug-likeness (QED) is 0.824. The third-order valence-corrected chi connectivity index (χ3v) is 2.80. The smallest absolute Gasteiger partial charge is 0.257 e. The lowest BCUT2D eigenvalue weighted by Crippen LogP contribution is -2.12. The first-order valence-corrected chi connectivity index (χ1v) is 5.84. The molecule has 0 saturated carbocycles. The molecule has 2 aromatic rings. The molecule has 2 rings (SSSR count). The highest BCUT2D eigenvalue weighted by Gasteiger charge is 2.10. The van der Waals surface area contributed by atoms with Gasteiger partial charge in [0.1, 0.15) is 0 Å². The number of nitrogens with two attached hydrogens (primary N) is 1. The van der Waals surface area contributed by atoms with Crippen LogP contribution in [0.25, 0.3) is 0 Å². The van der Waals surface area contributed by atoms with Crippen LogP contribution < -0.4 is 11.1 Å². The first-order chi connectivity index (χ1) is 9.10. The minimum Gasteiger partial charge on any atom is -0.399 e. The van der Waals surface area contributed by atoms with Crippen LogP contribution in [0.5, 0.6) is 0 Å². The van der Waals surface area contributed by atoms with Gasteiger partial charge in [0.25, 0.3) is 5.91 Å². The fraction of sp³-hybridized carbons (Fsp3) is 0. The van der Waals surface area contributed by atoms with E-state index in [0.29, 0.717) is 22.5 Å². The van der Waals surface area contributed by atoms with Crippen LogP contribution >= 0.6 is 11.6 Å². The molecule has 0 aliphatic carbocycles. The van der Waals surface area contributed by atoms with E-state index in [1.165, 1.54) is 6.07 Å². The third kappa shape index (κ3) is 3.03. The number of carbonyl (C=O) groups is 1. The molecule has 0 aromatic heterocycles. The van der Waals surface area contributed by atoms with E-state index >= 15 is 0 Å². The molecule has 0 spiro atoms. The maximum Gasteiger partial charge on any atom is 0.257 e. The van der Waals surface area contributed by atoms with Crippen LogP contribution in [-0.4, -0.2) is 5.91 Å². The first kappa shape index (κ1) is 12.9. The molecule has 5 heteroatoms. The van der Waals surface area contributed by atoms with Gasteiger partial charge in [0.15, 0.2) is 0 Å². The van der Waals surface area contributed by atoms with E-state index in [0.717, 1.165) is 0 Å². The van der Waals surface area contributed by atoms with E-state index in [-0.39, 0.29) is 10.9 Å². The molecule has 19 heavy (non-hydrogen) atoms. The number of nitrogen functional groups attached to an aromatic ring is 1. The van der Waals surface area contributed by atoms with Gasteiger partial charge in [0.05, 0.1) is 22.2 Å². The maximum atomic E-state index is 12.0. The second-order valence-corrected chi connectivity index (χ2v) is 4.29. The van der Waals surface area contributed by atoms with E-state index in [9.17, 15) is 4.79 Å². The summed E-state index contributed by atoms with van der Waals surface area (Å²) in [4.78, 5) is 12.0. The summed E-state index contributed by atoms with van der Waals surface area (Å²) in [6.45, 7) is 0. The monoisotopic (exact) mass is 271 g/mol.